The number of nitrogens with zero attached hydrogens (tertiary/aromatic N) is 1. The molecular formula is C9H17NO2. The molecule has 3 heteroatoms. The first-order valence-electron chi connectivity index (χ1n) is 4.56. The van der Waals surface area contributed by atoms with Crippen molar-refractivity contribution in [2.24, 2.45) is 4.99 Å². The fourth-order valence-corrected chi connectivity index (χ4v) is 1.06. The smallest absolute Gasteiger partial charge is 0.237 e. The van der Waals surface area contributed by atoms with Gasteiger partial charge in [0.05, 0.1) is 0 Å². The van der Waals surface area contributed by atoms with Gasteiger partial charge in [-0.1, -0.05) is 32.6 Å². The van der Waals surface area contributed by atoms with Gasteiger partial charge in [-0.2, -0.15) is 4.99 Å². The molecule has 0 aromatic rings. The molecule has 70 valence electrons. The van der Waals surface area contributed by atoms with Crippen LogP contribution in [0.4, 0.5) is 0 Å². The second kappa shape index (κ2) is 8.44. The molecule has 0 spiro atoms. The molecular weight excluding hydrogens is 154 g/mol. The Hall–Kier alpha value is -0.660. The quantitative estimate of drug-likeness (QED) is 0.362. The van der Waals surface area contributed by atoms with Crippen LogP contribution in [0.1, 0.15) is 45.4 Å². The summed E-state index contributed by atoms with van der Waals surface area (Å²) in [5, 5.41) is 8.98. The Bertz CT molecular complexity index is 141. The normalized spacial score (nSPS) is 12.2. The molecule has 1 N–H and O–H groups in total. The fraction of sp³-hybridized carbons (Fsp3) is 0.889. The summed E-state index contributed by atoms with van der Waals surface area (Å²) >= 11 is 0. The van der Waals surface area contributed by atoms with E-state index in [9.17, 15) is 4.79 Å². The molecule has 0 heterocycles. The minimum atomic E-state index is -0.830. The highest BCUT2D eigenvalue weighted by molar-refractivity contribution is 5.33. The Kier molecular flexibility index (Phi) is 7.97. The maximum absolute atomic E-state index is 9.70. The highest BCUT2D eigenvalue weighted by Gasteiger charge is 1.98. The molecule has 0 bridgehead atoms. The lowest BCUT2D eigenvalue weighted by Gasteiger charge is -2.01. The second-order valence-corrected chi connectivity index (χ2v) is 2.90. The van der Waals surface area contributed by atoms with Crippen LogP contribution in [-0.4, -0.2) is 17.4 Å². The lowest BCUT2D eigenvalue weighted by molar-refractivity contribution is 0.170. The summed E-state index contributed by atoms with van der Waals surface area (Å²) in [4.78, 5) is 12.9. The van der Waals surface area contributed by atoms with Crippen LogP contribution in [-0.2, 0) is 4.79 Å². The van der Waals surface area contributed by atoms with Crippen LogP contribution >= 0.6 is 0 Å². The van der Waals surface area contributed by atoms with Crippen molar-refractivity contribution in [2.75, 3.05) is 0 Å². The molecule has 0 radical (unpaired) electrons. The minimum absolute atomic E-state index is 0.582. The molecule has 0 saturated carbocycles. The molecule has 0 aliphatic carbocycles. The monoisotopic (exact) mass is 171 g/mol. The Labute approximate surface area is 73.5 Å². The van der Waals surface area contributed by atoms with Gasteiger partial charge in [0.15, 0.2) is 6.23 Å². The van der Waals surface area contributed by atoms with Gasteiger partial charge >= 0.3 is 0 Å². The van der Waals surface area contributed by atoms with E-state index in [0.717, 1.165) is 12.8 Å². The predicted octanol–water partition coefficient (Wildman–Crippen LogP) is 2.00. The van der Waals surface area contributed by atoms with Gasteiger partial charge in [-0.05, 0) is 12.8 Å². The molecule has 0 amide bonds. The lowest BCUT2D eigenvalue weighted by atomic mass is 10.1. The number of aliphatic hydroxyl groups excluding tert-OH is 1. The third-order valence-electron chi connectivity index (χ3n) is 1.77. The van der Waals surface area contributed by atoms with E-state index in [4.69, 9.17) is 5.11 Å². The van der Waals surface area contributed by atoms with E-state index in [1.807, 2.05) is 0 Å². The number of aliphatic imine (C=N–C) groups is 1. The largest absolute Gasteiger partial charge is 0.371 e. The van der Waals surface area contributed by atoms with E-state index in [-0.39, 0.29) is 0 Å². The Morgan fingerprint density at radius 3 is 2.58 bits per heavy atom. The van der Waals surface area contributed by atoms with E-state index < -0.39 is 6.23 Å². The third kappa shape index (κ3) is 7.45. The van der Waals surface area contributed by atoms with Crippen LogP contribution in [0, 0.1) is 0 Å². The highest BCUT2D eigenvalue weighted by atomic mass is 16.3. The van der Waals surface area contributed by atoms with E-state index in [1.165, 1.54) is 25.3 Å². The SMILES string of the molecule is CCCCCCCC(O)N=C=O. The summed E-state index contributed by atoms with van der Waals surface area (Å²) in [6, 6.07) is 0. The summed E-state index contributed by atoms with van der Waals surface area (Å²) < 4.78 is 0. The van der Waals surface area contributed by atoms with Gasteiger partial charge in [0, 0.05) is 0 Å². The highest BCUT2D eigenvalue weighted by Crippen LogP contribution is 2.07. The molecule has 0 saturated heterocycles. The summed E-state index contributed by atoms with van der Waals surface area (Å²) in [5.74, 6) is 0. The van der Waals surface area contributed by atoms with Gasteiger partial charge < -0.3 is 5.11 Å². The summed E-state index contributed by atoms with van der Waals surface area (Å²) in [5.41, 5.74) is 0. The van der Waals surface area contributed by atoms with Crippen LogP contribution in [0.3, 0.4) is 0 Å². The molecule has 1 unspecified atom stereocenters. The number of aliphatic hydroxyl groups is 1. The van der Waals surface area contributed by atoms with Crippen molar-refractivity contribution in [2.45, 2.75) is 51.7 Å². The van der Waals surface area contributed by atoms with Gasteiger partial charge in [0.1, 0.15) is 0 Å². The minimum Gasteiger partial charge on any atom is -0.371 e. The molecule has 3 nitrogen and oxygen atoms in total. The van der Waals surface area contributed by atoms with Gasteiger partial charge in [-0.25, -0.2) is 4.79 Å². The molecule has 0 aliphatic rings. The van der Waals surface area contributed by atoms with Crippen molar-refractivity contribution < 1.29 is 9.90 Å². The van der Waals surface area contributed by atoms with Gasteiger partial charge in [-0.3, -0.25) is 0 Å². The van der Waals surface area contributed by atoms with Crippen molar-refractivity contribution in [3.63, 3.8) is 0 Å². The van der Waals surface area contributed by atoms with Crippen molar-refractivity contribution in [1.82, 2.24) is 0 Å². The van der Waals surface area contributed by atoms with E-state index in [0.29, 0.717) is 6.42 Å². The zero-order valence-electron chi connectivity index (χ0n) is 7.62. The zero-order chi connectivity index (χ0) is 9.23. The van der Waals surface area contributed by atoms with Crippen LogP contribution in [0.2, 0.25) is 0 Å². The number of carbonyl (C=O) groups excluding carboxylic acids is 1. The summed E-state index contributed by atoms with van der Waals surface area (Å²) in [6.45, 7) is 2.16. The molecule has 1 atom stereocenters. The van der Waals surface area contributed by atoms with Gasteiger partial charge in [-0.15, -0.1) is 0 Å². The molecule has 0 aromatic carbocycles. The maximum atomic E-state index is 9.70. The van der Waals surface area contributed by atoms with Crippen molar-refractivity contribution in [3.05, 3.63) is 0 Å². The van der Waals surface area contributed by atoms with Crippen LogP contribution in [0.25, 0.3) is 0 Å². The van der Waals surface area contributed by atoms with Crippen LogP contribution < -0.4 is 0 Å². The van der Waals surface area contributed by atoms with E-state index in [1.54, 1.807) is 0 Å². The standard InChI is InChI=1S/C9H17NO2/c1-2-3-4-5-6-7-9(12)10-8-11/h9,12H,2-7H2,1H3. The maximum Gasteiger partial charge on any atom is 0.237 e. The number of isocyanates is 1. The van der Waals surface area contributed by atoms with Crippen molar-refractivity contribution in [3.8, 4) is 0 Å². The molecule has 0 aliphatic heterocycles. The van der Waals surface area contributed by atoms with Gasteiger partial charge in [0.2, 0.25) is 6.08 Å². The van der Waals surface area contributed by atoms with Crippen molar-refractivity contribution >= 4 is 6.08 Å². The Morgan fingerprint density at radius 1 is 1.33 bits per heavy atom. The lowest BCUT2D eigenvalue weighted by Crippen LogP contribution is -2.01. The molecule has 0 aromatic heterocycles. The second-order valence-electron chi connectivity index (χ2n) is 2.90. The van der Waals surface area contributed by atoms with E-state index in [2.05, 4.69) is 11.9 Å². The zero-order valence-corrected chi connectivity index (χ0v) is 7.62. The van der Waals surface area contributed by atoms with E-state index >= 15 is 0 Å². The first-order valence-corrected chi connectivity index (χ1v) is 4.56. The fourth-order valence-electron chi connectivity index (χ4n) is 1.06. The van der Waals surface area contributed by atoms with Crippen molar-refractivity contribution in [1.29, 1.82) is 0 Å². The molecule has 12 heavy (non-hydrogen) atoms. The first-order chi connectivity index (χ1) is 5.81. The summed E-state index contributed by atoms with van der Waals surface area (Å²) in [6.07, 6.45) is 6.81. The third-order valence-corrected chi connectivity index (χ3v) is 1.77. The van der Waals surface area contributed by atoms with Crippen LogP contribution in [0.5, 0.6) is 0 Å². The predicted molar refractivity (Wildman–Crippen MR) is 47.5 cm³/mol. The van der Waals surface area contributed by atoms with Gasteiger partial charge in [0.25, 0.3) is 0 Å². The number of hydrogen-bond acceptors (Lipinski definition) is 3. The first kappa shape index (κ1) is 11.3. The van der Waals surface area contributed by atoms with Crippen LogP contribution in [0.15, 0.2) is 4.99 Å². The average molecular weight is 171 g/mol. The Balaban J connectivity index is 3.13. The number of rotatable bonds is 7. The number of unbranched alkanes of at least 4 members (excludes halogenated alkanes) is 4. The molecule has 0 fully saturated rings. The molecule has 0 rings (SSSR count). The average Bonchev–Trinajstić information content (AvgIpc) is 2.05. The number of hydrogen-bond donors (Lipinski definition) is 1. The Morgan fingerprint density at radius 2 is 2.00 bits per heavy atom. The topological polar surface area (TPSA) is 49.7 Å². The summed E-state index contributed by atoms with van der Waals surface area (Å²) in [7, 11) is 0.